The molecule has 4 nitrogen and oxygen atoms in total. The Labute approximate surface area is 149 Å². The van der Waals surface area contributed by atoms with Crippen LogP contribution in [-0.4, -0.2) is 59.1 Å². The lowest BCUT2D eigenvalue weighted by Crippen LogP contribution is -2.46. The fraction of sp³-hybridized carbons (Fsp3) is 0.588. The third-order valence-electron chi connectivity index (χ3n) is 4.93. The predicted octanol–water partition coefficient (Wildman–Crippen LogP) is 3.03. The SMILES string of the molecule is O=C(c1cc(C(F)(F)F)ccc1Cl)N1C[C@@H](O)[C@H](N2CCCCC2)C1. The van der Waals surface area contributed by atoms with Gasteiger partial charge in [-0.2, -0.15) is 13.2 Å². The van der Waals surface area contributed by atoms with Crippen molar-refractivity contribution in [3.05, 3.63) is 34.3 Å². The average Bonchev–Trinajstić information content (AvgIpc) is 2.96. The van der Waals surface area contributed by atoms with Crippen molar-refractivity contribution in [3.8, 4) is 0 Å². The number of hydrogen-bond donors (Lipinski definition) is 1. The molecule has 1 aromatic rings. The van der Waals surface area contributed by atoms with Gasteiger partial charge < -0.3 is 10.0 Å². The average molecular weight is 377 g/mol. The van der Waals surface area contributed by atoms with Gasteiger partial charge in [-0.3, -0.25) is 9.69 Å². The van der Waals surface area contributed by atoms with Crippen molar-refractivity contribution in [3.63, 3.8) is 0 Å². The van der Waals surface area contributed by atoms with Gasteiger partial charge in [-0.05, 0) is 44.1 Å². The monoisotopic (exact) mass is 376 g/mol. The van der Waals surface area contributed by atoms with Crippen LogP contribution in [0.3, 0.4) is 0 Å². The van der Waals surface area contributed by atoms with Gasteiger partial charge in [0.05, 0.1) is 28.3 Å². The van der Waals surface area contributed by atoms with E-state index in [4.69, 9.17) is 11.6 Å². The van der Waals surface area contributed by atoms with Crippen LogP contribution in [0.2, 0.25) is 5.02 Å². The van der Waals surface area contributed by atoms with Gasteiger partial charge in [0, 0.05) is 13.1 Å². The molecule has 2 fully saturated rings. The fourth-order valence-corrected chi connectivity index (χ4v) is 3.78. The first-order valence-corrected chi connectivity index (χ1v) is 8.73. The number of hydrogen-bond acceptors (Lipinski definition) is 3. The van der Waals surface area contributed by atoms with Gasteiger partial charge in [-0.25, -0.2) is 0 Å². The molecule has 2 atom stereocenters. The Morgan fingerprint density at radius 3 is 2.48 bits per heavy atom. The Morgan fingerprint density at radius 1 is 1.16 bits per heavy atom. The summed E-state index contributed by atoms with van der Waals surface area (Å²) in [6.45, 7) is 2.14. The lowest BCUT2D eigenvalue weighted by molar-refractivity contribution is -0.137. The highest BCUT2D eigenvalue weighted by atomic mass is 35.5. The number of alkyl halides is 3. The summed E-state index contributed by atoms with van der Waals surface area (Å²) < 4.78 is 38.7. The maximum absolute atomic E-state index is 12.9. The van der Waals surface area contributed by atoms with Crippen molar-refractivity contribution < 1.29 is 23.1 Å². The van der Waals surface area contributed by atoms with Crippen molar-refractivity contribution in [2.24, 2.45) is 0 Å². The quantitative estimate of drug-likeness (QED) is 0.863. The molecule has 0 aromatic heterocycles. The van der Waals surface area contributed by atoms with Crippen molar-refractivity contribution in [2.45, 2.75) is 37.6 Å². The molecule has 138 valence electrons. The summed E-state index contributed by atoms with van der Waals surface area (Å²) in [6.07, 6.45) is -1.98. The molecule has 1 N–H and O–H groups in total. The van der Waals surface area contributed by atoms with E-state index in [0.29, 0.717) is 6.54 Å². The van der Waals surface area contributed by atoms with Crippen LogP contribution in [0.4, 0.5) is 13.2 Å². The van der Waals surface area contributed by atoms with Gasteiger partial charge in [0.1, 0.15) is 0 Å². The van der Waals surface area contributed by atoms with Gasteiger partial charge in [-0.15, -0.1) is 0 Å². The number of halogens is 4. The van der Waals surface area contributed by atoms with Crippen molar-refractivity contribution in [1.29, 1.82) is 0 Å². The largest absolute Gasteiger partial charge is 0.416 e. The van der Waals surface area contributed by atoms with E-state index < -0.39 is 23.8 Å². The zero-order valence-corrected chi connectivity index (χ0v) is 14.4. The highest BCUT2D eigenvalue weighted by Gasteiger charge is 2.39. The second kappa shape index (κ2) is 7.13. The molecular weight excluding hydrogens is 357 g/mol. The van der Waals surface area contributed by atoms with Crippen LogP contribution >= 0.6 is 11.6 Å². The molecule has 0 radical (unpaired) electrons. The van der Waals surface area contributed by atoms with Crippen molar-refractivity contribution in [2.75, 3.05) is 26.2 Å². The smallest absolute Gasteiger partial charge is 0.390 e. The minimum absolute atomic E-state index is 0.0195. The number of benzene rings is 1. The number of aliphatic hydroxyl groups excluding tert-OH is 1. The number of piperidine rings is 1. The number of carbonyl (C=O) groups is 1. The van der Waals surface area contributed by atoms with Crippen molar-refractivity contribution in [1.82, 2.24) is 9.80 Å². The van der Waals surface area contributed by atoms with Crippen LogP contribution in [-0.2, 0) is 6.18 Å². The third kappa shape index (κ3) is 3.93. The van der Waals surface area contributed by atoms with Crippen LogP contribution in [0, 0.1) is 0 Å². The Balaban J connectivity index is 1.77. The van der Waals surface area contributed by atoms with E-state index in [9.17, 15) is 23.1 Å². The molecule has 8 heteroatoms. The third-order valence-corrected chi connectivity index (χ3v) is 5.26. The van der Waals surface area contributed by atoms with Crippen LogP contribution in [0.25, 0.3) is 0 Å². The van der Waals surface area contributed by atoms with Gasteiger partial charge in [0.15, 0.2) is 0 Å². The van der Waals surface area contributed by atoms with Gasteiger partial charge in [0.25, 0.3) is 5.91 Å². The number of carbonyl (C=O) groups excluding carboxylic acids is 1. The number of aliphatic hydroxyl groups is 1. The first-order valence-electron chi connectivity index (χ1n) is 8.35. The predicted molar refractivity (Wildman–Crippen MR) is 87.6 cm³/mol. The molecule has 2 aliphatic heterocycles. The summed E-state index contributed by atoms with van der Waals surface area (Å²) in [5.41, 5.74) is -1.09. The highest BCUT2D eigenvalue weighted by molar-refractivity contribution is 6.33. The first-order chi connectivity index (χ1) is 11.8. The van der Waals surface area contributed by atoms with Crippen LogP contribution in [0.1, 0.15) is 35.2 Å². The lowest BCUT2D eigenvalue weighted by atomic mass is 10.1. The van der Waals surface area contributed by atoms with Gasteiger partial charge in [-0.1, -0.05) is 18.0 Å². The van der Waals surface area contributed by atoms with Crippen LogP contribution < -0.4 is 0 Å². The fourth-order valence-electron chi connectivity index (χ4n) is 3.58. The number of nitrogens with zero attached hydrogens (tertiary/aromatic N) is 2. The Bertz CT molecular complexity index is 647. The zero-order chi connectivity index (χ0) is 18.2. The molecule has 0 aliphatic carbocycles. The topological polar surface area (TPSA) is 43.8 Å². The molecule has 2 aliphatic rings. The van der Waals surface area contributed by atoms with E-state index in [2.05, 4.69) is 4.90 Å². The van der Waals surface area contributed by atoms with E-state index in [0.717, 1.165) is 50.6 Å². The standard InChI is InChI=1S/C17H20ClF3N2O2/c18-13-5-4-11(17(19,20)21)8-12(13)16(25)23-9-14(15(24)10-23)22-6-2-1-3-7-22/h4-5,8,14-15,24H,1-3,6-7,9-10H2/t14-,15-/m1/s1. The van der Waals surface area contributed by atoms with E-state index in [-0.39, 0.29) is 23.2 Å². The molecule has 0 spiro atoms. The van der Waals surface area contributed by atoms with Gasteiger partial charge >= 0.3 is 6.18 Å². The molecule has 3 rings (SSSR count). The van der Waals surface area contributed by atoms with E-state index in [1.165, 1.54) is 4.90 Å². The van der Waals surface area contributed by atoms with Crippen LogP contribution in [0.5, 0.6) is 0 Å². The van der Waals surface area contributed by atoms with E-state index in [1.807, 2.05) is 0 Å². The van der Waals surface area contributed by atoms with E-state index in [1.54, 1.807) is 0 Å². The summed E-state index contributed by atoms with van der Waals surface area (Å²) in [5.74, 6) is -0.574. The summed E-state index contributed by atoms with van der Waals surface area (Å²) in [5, 5.41) is 10.3. The summed E-state index contributed by atoms with van der Waals surface area (Å²) in [7, 11) is 0. The highest BCUT2D eigenvalue weighted by Crippen LogP contribution is 2.33. The molecular formula is C17H20ClF3N2O2. The summed E-state index contributed by atoms with van der Waals surface area (Å²) >= 11 is 5.95. The Hall–Kier alpha value is -1.31. The lowest BCUT2D eigenvalue weighted by Gasteiger charge is -2.33. The molecule has 1 amide bonds. The molecule has 2 heterocycles. The maximum Gasteiger partial charge on any atom is 0.416 e. The number of rotatable bonds is 2. The molecule has 0 unspecified atom stereocenters. The van der Waals surface area contributed by atoms with E-state index >= 15 is 0 Å². The molecule has 1 aromatic carbocycles. The first kappa shape index (κ1) is 18.5. The summed E-state index contributed by atoms with van der Waals surface area (Å²) in [6, 6.07) is 2.56. The Morgan fingerprint density at radius 2 is 1.84 bits per heavy atom. The normalized spacial score (nSPS) is 25.4. The van der Waals surface area contributed by atoms with Crippen molar-refractivity contribution >= 4 is 17.5 Å². The number of amides is 1. The Kier molecular flexibility index (Phi) is 5.27. The molecule has 0 bridgehead atoms. The summed E-state index contributed by atoms with van der Waals surface area (Å²) in [4.78, 5) is 16.2. The minimum Gasteiger partial charge on any atom is -0.390 e. The van der Waals surface area contributed by atoms with Crippen LogP contribution in [0.15, 0.2) is 18.2 Å². The zero-order valence-electron chi connectivity index (χ0n) is 13.6. The number of likely N-dealkylation sites (tertiary alicyclic amines) is 2. The number of β-amino-alcohol motifs (C(OH)–C–C–N with tert-alkyl or cyclic N) is 1. The second-order valence-electron chi connectivity index (χ2n) is 6.63. The maximum atomic E-state index is 12.9. The van der Waals surface area contributed by atoms with Gasteiger partial charge in [0.2, 0.25) is 0 Å². The molecule has 0 saturated carbocycles. The second-order valence-corrected chi connectivity index (χ2v) is 7.04. The molecule has 2 saturated heterocycles. The minimum atomic E-state index is -4.54. The molecule has 25 heavy (non-hydrogen) atoms.